The lowest BCUT2D eigenvalue weighted by Gasteiger charge is -2.05. The SMILES string of the molecule is O=C(CCc1nc(-c2cccs2)no1)Nc1cccc(CO)c1. The molecule has 3 rings (SSSR count). The van der Waals surface area contributed by atoms with Crippen LogP contribution in [-0.4, -0.2) is 21.2 Å². The molecule has 6 nitrogen and oxygen atoms in total. The van der Waals surface area contributed by atoms with Gasteiger partial charge in [0.15, 0.2) is 0 Å². The fourth-order valence-electron chi connectivity index (χ4n) is 2.05. The Bertz CT molecular complexity index is 783. The second-order valence-electron chi connectivity index (χ2n) is 4.90. The number of rotatable bonds is 6. The van der Waals surface area contributed by atoms with Crippen LogP contribution in [0.25, 0.3) is 10.7 Å². The number of benzene rings is 1. The van der Waals surface area contributed by atoms with Gasteiger partial charge in [-0.15, -0.1) is 11.3 Å². The Morgan fingerprint density at radius 3 is 3.00 bits per heavy atom. The molecule has 2 N–H and O–H groups in total. The first-order valence-corrected chi connectivity index (χ1v) is 7.98. The fraction of sp³-hybridized carbons (Fsp3) is 0.188. The van der Waals surface area contributed by atoms with E-state index in [-0.39, 0.29) is 18.9 Å². The van der Waals surface area contributed by atoms with Gasteiger partial charge in [0.2, 0.25) is 17.6 Å². The van der Waals surface area contributed by atoms with Crippen LogP contribution in [0.15, 0.2) is 46.3 Å². The molecule has 0 spiro atoms. The summed E-state index contributed by atoms with van der Waals surface area (Å²) < 4.78 is 5.16. The summed E-state index contributed by atoms with van der Waals surface area (Å²) in [6.45, 7) is -0.0583. The lowest BCUT2D eigenvalue weighted by molar-refractivity contribution is -0.116. The van der Waals surface area contributed by atoms with Crippen LogP contribution in [0.5, 0.6) is 0 Å². The molecule has 0 atom stereocenters. The molecule has 23 heavy (non-hydrogen) atoms. The van der Waals surface area contributed by atoms with E-state index in [1.165, 1.54) is 11.3 Å². The molecule has 0 saturated heterocycles. The number of aliphatic hydroxyl groups excluding tert-OH is 1. The number of anilines is 1. The van der Waals surface area contributed by atoms with Gasteiger partial charge >= 0.3 is 0 Å². The molecule has 0 unspecified atom stereocenters. The molecule has 1 aromatic carbocycles. The van der Waals surface area contributed by atoms with Crippen molar-refractivity contribution in [3.8, 4) is 10.7 Å². The number of amides is 1. The summed E-state index contributed by atoms with van der Waals surface area (Å²) >= 11 is 1.53. The van der Waals surface area contributed by atoms with Gasteiger partial charge in [-0.1, -0.05) is 23.4 Å². The Balaban J connectivity index is 1.54. The fourth-order valence-corrected chi connectivity index (χ4v) is 2.70. The molecule has 2 aromatic heterocycles. The monoisotopic (exact) mass is 329 g/mol. The first-order valence-electron chi connectivity index (χ1n) is 7.11. The lowest BCUT2D eigenvalue weighted by atomic mass is 10.2. The number of aliphatic hydroxyl groups is 1. The van der Waals surface area contributed by atoms with Gasteiger partial charge in [0, 0.05) is 18.5 Å². The second kappa shape index (κ2) is 7.17. The second-order valence-corrected chi connectivity index (χ2v) is 5.84. The standard InChI is InChI=1S/C16H15N3O3S/c20-10-11-3-1-4-12(9-11)17-14(21)6-7-15-18-16(19-22-15)13-5-2-8-23-13/h1-5,8-9,20H,6-7,10H2,(H,17,21). The topological polar surface area (TPSA) is 88.2 Å². The highest BCUT2D eigenvalue weighted by atomic mass is 32.1. The number of thiophene rings is 1. The first-order chi connectivity index (χ1) is 11.2. The van der Waals surface area contributed by atoms with Crippen LogP contribution in [0.3, 0.4) is 0 Å². The van der Waals surface area contributed by atoms with Gasteiger partial charge < -0.3 is 14.9 Å². The van der Waals surface area contributed by atoms with E-state index in [9.17, 15) is 4.79 Å². The van der Waals surface area contributed by atoms with E-state index in [0.29, 0.717) is 23.8 Å². The van der Waals surface area contributed by atoms with Crippen LogP contribution in [0.4, 0.5) is 5.69 Å². The summed E-state index contributed by atoms with van der Waals surface area (Å²) in [6.07, 6.45) is 0.624. The van der Waals surface area contributed by atoms with Gasteiger partial charge in [-0.2, -0.15) is 4.98 Å². The Morgan fingerprint density at radius 2 is 2.22 bits per heavy atom. The van der Waals surface area contributed by atoms with Crippen LogP contribution < -0.4 is 5.32 Å². The van der Waals surface area contributed by atoms with Gasteiger partial charge in [-0.3, -0.25) is 4.79 Å². The number of carbonyl (C=O) groups is 1. The average molecular weight is 329 g/mol. The Morgan fingerprint density at radius 1 is 1.30 bits per heavy atom. The van der Waals surface area contributed by atoms with Crippen molar-refractivity contribution in [3.05, 3.63) is 53.2 Å². The molecule has 118 valence electrons. The van der Waals surface area contributed by atoms with E-state index in [2.05, 4.69) is 15.5 Å². The van der Waals surface area contributed by atoms with Crippen molar-refractivity contribution < 1.29 is 14.4 Å². The molecular formula is C16H15N3O3S. The van der Waals surface area contributed by atoms with Crippen LogP contribution >= 0.6 is 11.3 Å². The van der Waals surface area contributed by atoms with E-state index in [4.69, 9.17) is 9.63 Å². The van der Waals surface area contributed by atoms with Crippen molar-refractivity contribution in [2.75, 3.05) is 5.32 Å². The highest BCUT2D eigenvalue weighted by Crippen LogP contribution is 2.21. The third-order valence-electron chi connectivity index (χ3n) is 3.17. The highest BCUT2D eigenvalue weighted by Gasteiger charge is 2.11. The van der Waals surface area contributed by atoms with E-state index in [1.807, 2.05) is 17.5 Å². The molecule has 0 radical (unpaired) electrons. The van der Waals surface area contributed by atoms with Crippen molar-refractivity contribution in [2.45, 2.75) is 19.4 Å². The maximum absolute atomic E-state index is 12.0. The van der Waals surface area contributed by atoms with Crippen molar-refractivity contribution in [3.63, 3.8) is 0 Å². The summed E-state index contributed by atoms with van der Waals surface area (Å²) in [4.78, 5) is 17.2. The average Bonchev–Trinajstić information content (AvgIpc) is 3.24. The molecule has 0 aliphatic carbocycles. The van der Waals surface area contributed by atoms with Gasteiger partial charge in [0.05, 0.1) is 11.5 Å². The van der Waals surface area contributed by atoms with Crippen molar-refractivity contribution in [2.24, 2.45) is 0 Å². The molecule has 0 fully saturated rings. The minimum atomic E-state index is -0.143. The minimum absolute atomic E-state index is 0.0583. The molecule has 0 bridgehead atoms. The van der Waals surface area contributed by atoms with Gasteiger partial charge in [0.25, 0.3) is 0 Å². The maximum Gasteiger partial charge on any atom is 0.227 e. The zero-order valence-electron chi connectivity index (χ0n) is 12.2. The normalized spacial score (nSPS) is 10.7. The Labute approximate surface area is 136 Å². The van der Waals surface area contributed by atoms with Gasteiger partial charge in [-0.05, 0) is 29.1 Å². The number of nitrogens with one attached hydrogen (secondary N) is 1. The minimum Gasteiger partial charge on any atom is -0.392 e. The largest absolute Gasteiger partial charge is 0.392 e. The number of aryl methyl sites for hydroxylation is 1. The van der Waals surface area contributed by atoms with Crippen molar-refractivity contribution in [1.29, 1.82) is 0 Å². The van der Waals surface area contributed by atoms with E-state index in [0.717, 1.165) is 10.4 Å². The number of carbonyl (C=O) groups excluding carboxylic acids is 1. The van der Waals surface area contributed by atoms with Crippen LogP contribution in [-0.2, 0) is 17.8 Å². The summed E-state index contributed by atoms with van der Waals surface area (Å²) in [7, 11) is 0. The van der Waals surface area contributed by atoms with Crippen LogP contribution in [0.1, 0.15) is 17.9 Å². The Hall–Kier alpha value is -2.51. The molecular weight excluding hydrogens is 314 g/mol. The molecule has 0 aliphatic rings. The first kappa shape index (κ1) is 15.4. The van der Waals surface area contributed by atoms with Crippen LogP contribution in [0.2, 0.25) is 0 Å². The number of aromatic nitrogens is 2. The number of hydrogen-bond donors (Lipinski definition) is 2. The molecule has 0 saturated carbocycles. The predicted molar refractivity (Wildman–Crippen MR) is 86.9 cm³/mol. The Kier molecular flexibility index (Phi) is 4.80. The van der Waals surface area contributed by atoms with E-state index < -0.39 is 0 Å². The molecule has 3 aromatic rings. The summed E-state index contributed by atoms with van der Waals surface area (Å²) in [5.74, 6) is 0.842. The smallest absolute Gasteiger partial charge is 0.227 e. The van der Waals surface area contributed by atoms with Gasteiger partial charge in [-0.25, -0.2) is 0 Å². The third-order valence-corrected chi connectivity index (χ3v) is 4.03. The highest BCUT2D eigenvalue weighted by molar-refractivity contribution is 7.13. The van der Waals surface area contributed by atoms with Crippen molar-refractivity contribution >= 4 is 22.9 Å². The lowest BCUT2D eigenvalue weighted by Crippen LogP contribution is -2.12. The zero-order valence-corrected chi connectivity index (χ0v) is 13.0. The van der Waals surface area contributed by atoms with E-state index in [1.54, 1.807) is 24.3 Å². The summed E-state index contributed by atoms with van der Waals surface area (Å²) in [5.41, 5.74) is 1.41. The maximum atomic E-state index is 12.0. The molecule has 7 heteroatoms. The van der Waals surface area contributed by atoms with E-state index >= 15 is 0 Å². The van der Waals surface area contributed by atoms with Crippen molar-refractivity contribution in [1.82, 2.24) is 10.1 Å². The van der Waals surface area contributed by atoms with Gasteiger partial charge in [0.1, 0.15) is 0 Å². The quantitative estimate of drug-likeness (QED) is 0.726. The summed E-state index contributed by atoms with van der Waals surface area (Å²) in [6, 6.07) is 10.9. The summed E-state index contributed by atoms with van der Waals surface area (Å²) in [5, 5.41) is 17.7. The zero-order chi connectivity index (χ0) is 16.1. The molecule has 1 amide bonds. The number of nitrogens with zero attached hydrogens (tertiary/aromatic N) is 2. The molecule has 2 heterocycles. The predicted octanol–water partition coefficient (Wildman–Crippen LogP) is 2.86. The third kappa shape index (κ3) is 4.02. The molecule has 0 aliphatic heterocycles. The van der Waals surface area contributed by atoms with Crippen LogP contribution in [0, 0.1) is 0 Å². The number of hydrogen-bond acceptors (Lipinski definition) is 6.